The van der Waals surface area contributed by atoms with Gasteiger partial charge in [0.15, 0.2) is 5.75 Å². The van der Waals surface area contributed by atoms with Crippen LogP contribution in [0, 0.1) is 16.0 Å². The van der Waals surface area contributed by atoms with Gasteiger partial charge in [0.1, 0.15) is 0 Å². The van der Waals surface area contributed by atoms with Crippen LogP contribution in [0.5, 0.6) is 5.75 Å². The molecule has 0 bridgehead atoms. The Morgan fingerprint density at radius 2 is 2.04 bits per heavy atom. The fraction of sp³-hybridized carbons (Fsp3) is 0.368. The second kappa shape index (κ2) is 8.39. The number of amides is 2. The summed E-state index contributed by atoms with van der Waals surface area (Å²) in [5.74, 6) is -0.352. The number of aryl methyl sites for hydroxylation is 1. The van der Waals surface area contributed by atoms with Crippen molar-refractivity contribution in [2.45, 2.75) is 33.1 Å². The fourth-order valence-electron chi connectivity index (χ4n) is 3.14. The monoisotopic (exact) mass is 403 g/mol. The summed E-state index contributed by atoms with van der Waals surface area (Å²) in [7, 11) is 0. The summed E-state index contributed by atoms with van der Waals surface area (Å²) in [6.45, 7) is 4.17. The molecule has 0 aliphatic heterocycles. The molecule has 2 aromatic rings. The highest BCUT2D eigenvalue weighted by Crippen LogP contribution is 2.32. The maximum atomic E-state index is 12.4. The molecule has 1 atom stereocenters. The molecule has 1 heterocycles. The van der Waals surface area contributed by atoms with Crippen LogP contribution in [-0.4, -0.2) is 23.3 Å². The van der Waals surface area contributed by atoms with Crippen LogP contribution in [0.1, 0.15) is 50.7 Å². The Hall–Kier alpha value is -2.94. The van der Waals surface area contributed by atoms with E-state index >= 15 is 0 Å². The lowest BCUT2D eigenvalue weighted by Crippen LogP contribution is -2.41. The first kappa shape index (κ1) is 19.8. The normalized spacial score (nSPS) is 15.4. The fourth-order valence-corrected chi connectivity index (χ4v) is 4.25. The first-order chi connectivity index (χ1) is 13.4. The number of nitro groups is 1. The van der Waals surface area contributed by atoms with E-state index in [0.29, 0.717) is 10.8 Å². The van der Waals surface area contributed by atoms with E-state index in [1.165, 1.54) is 33.9 Å². The number of rotatable bonds is 5. The molecule has 0 saturated carbocycles. The summed E-state index contributed by atoms with van der Waals surface area (Å²) in [5, 5.41) is 11.2. The molecule has 8 nitrogen and oxygen atoms in total. The smallest absolute Gasteiger partial charge is 0.311 e. The van der Waals surface area contributed by atoms with Gasteiger partial charge in [-0.15, -0.1) is 11.3 Å². The average molecular weight is 403 g/mol. The predicted octanol–water partition coefficient (Wildman–Crippen LogP) is 3.25. The van der Waals surface area contributed by atoms with Crippen LogP contribution >= 0.6 is 11.3 Å². The van der Waals surface area contributed by atoms with E-state index in [1.807, 2.05) is 6.07 Å². The van der Waals surface area contributed by atoms with E-state index in [2.05, 4.69) is 17.8 Å². The lowest BCUT2D eigenvalue weighted by molar-refractivity contribution is -0.385. The van der Waals surface area contributed by atoms with Crippen LogP contribution in [0.3, 0.4) is 0 Å². The molecule has 1 aliphatic carbocycles. The highest BCUT2D eigenvalue weighted by molar-refractivity contribution is 7.14. The minimum absolute atomic E-state index is 0.0507. The van der Waals surface area contributed by atoms with Crippen molar-refractivity contribution in [3.63, 3.8) is 0 Å². The van der Waals surface area contributed by atoms with Crippen molar-refractivity contribution in [1.82, 2.24) is 10.9 Å². The van der Waals surface area contributed by atoms with Crippen molar-refractivity contribution in [1.29, 1.82) is 0 Å². The minimum atomic E-state index is -0.644. The quantitative estimate of drug-likeness (QED) is 0.588. The number of thiophene rings is 1. The van der Waals surface area contributed by atoms with Gasteiger partial charge >= 0.3 is 5.69 Å². The molecule has 28 heavy (non-hydrogen) atoms. The maximum absolute atomic E-state index is 12.4. The first-order valence-electron chi connectivity index (χ1n) is 9.02. The highest BCUT2D eigenvalue weighted by Gasteiger charge is 2.22. The van der Waals surface area contributed by atoms with Gasteiger partial charge in [-0.3, -0.25) is 30.6 Å². The van der Waals surface area contributed by atoms with Gasteiger partial charge in [-0.05, 0) is 55.9 Å². The largest absolute Gasteiger partial charge is 0.487 e. The van der Waals surface area contributed by atoms with Crippen LogP contribution in [-0.2, 0) is 12.8 Å². The van der Waals surface area contributed by atoms with Crippen LogP contribution in [0.4, 0.5) is 5.69 Å². The van der Waals surface area contributed by atoms with E-state index in [1.54, 1.807) is 6.92 Å². The first-order valence-corrected chi connectivity index (χ1v) is 9.84. The minimum Gasteiger partial charge on any atom is -0.487 e. The molecular weight excluding hydrogens is 382 g/mol. The van der Waals surface area contributed by atoms with Gasteiger partial charge in [0, 0.05) is 16.5 Å². The molecule has 0 radical (unpaired) electrons. The number of hydrazine groups is 1. The van der Waals surface area contributed by atoms with Crippen molar-refractivity contribution in [3.05, 3.63) is 55.3 Å². The van der Waals surface area contributed by atoms with Crippen LogP contribution < -0.4 is 15.6 Å². The van der Waals surface area contributed by atoms with Gasteiger partial charge in [0.25, 0.3) is 11.8 Å². The van der Waals surface area contributed by atoms with Crippen molar-refractivity contribution < 1.29 is 19.2 Å². The summed E-state index contributed by atoms with van der Waals surface area (Å²) in [4.78, 5) is 36.9. The molecule has 148 valence electrons. The predicted molar refractivity (Wildman–Crippen MR) is 105 cm³/mol. The SMILES string of the molecule is CCOc1ccc(C(=O)NNC(=O)c2cc3c(s2)CC[C@H](C)C3)cc1[N+](=O)[O-]. The Balaban J connectivity index is 1.66. The number of ether oxygens (including phenoxy) is 1. The standard InChI is InChI=1S/C19H21N3O5S/c1-3-27-15-6-5-12(9-14(15)22(25)26)18(23)20-21-19(24)17-10-13-8-11(2)4-7-16(13)28-17/h5-6,9-11H,3-4,7-8H2,1-2H3,(H,20,23)(H,21,24)/t11-/m0/s1. The van der Waals surface area contributed by atoms with E-state index in [9.17, 15) is 19.7 Å². The molecule has 2 amide bonds. The van der Waals surface area contributed by atoms with Crippen LogP contribution in [0.2, 0.25) is 0 Å². The molecule has 0 unspecified atom stereocenters. The Bertz CT molecular complexity index is 924. The third-order valence-electron chi connectivity index (χ3n) is 4.56. The van der Waals surface area contributed by atoms with Gasteiger partial charge in [-0.25, -0.2) is 0 Å². The lowest BCUT2D eigenvalue weighted by atomic mass is 9.90. The molecule has 1 aromatic heterocycles. The summed E-state index contributed by atoms with van der Waals surface area (Å²) in [5.41, 5.74) is 5.63. The molecule has 0 fully saturated rings. The van der Waals surface area contributed by atoms with E-state index < -0.39 is 16.7 Å². The summed E-state index contributed by atoms with van der Waals surface area (Å²) in [6, 6.07) is 5.77. The number of nitro benzene ring substituents is 1. The van der Waals surface area contributed by atoms with Crippen LogP contribution in [0.15, 0.2) is 24.3 Å². The van der Waals surface area contributed by atoms with Crippen molar-refractivity contribution >= 4 is 28.8 Å². The third kappa shape index (κ3) is 4.30. The Morgan fingerprint density at radius 1 is 1.29 bits per heavy atom. The molecule has 0 spiro atoms. The van der Waals surface area contributed by atoms with E-state index in [0.717, 1.165) is 25.3 Å². The van der Waals surface area contributed by atoms with Crippen LogP contribution in [0.25, 0.3) is 0 Å². The average Bonchev–Trinajstić information content (AvgIpc) is 3.09. The summed E-state index contributed by atoms with van der Waals surface area (Å²) in [6.07, 6.45) is 3.04. The number of hydrogen-bond donors (Lipinski definition) is 2. The topological polar surface area (TPSA) is 111 Å². The number of nitrogens with one attached hydrogen (secondary N) is 2. The van der Waals surface area contributed by atoms with E-state index in [-0.39, 0.29) is 23.6 Å². The Kier molecular flexibility index (Phi) is 5.93. The highest BCUT2D eigenvalue weighted by atomic mass is 32.1. The van der Waals surface area contributed by atoms with Crippen molar-refractivity contribution in [3.8, 4) is 5.75 Å². The second-order valence-corrected chi connectivity index (χ2v) is 7.82. The number of hydrogen-bond acceptors (Lipinski definition) is 6. The summed E-state index contributed by atoms with van der Waals surface area (Å²) >= 11 is 1.44. The van der Waals surface area contributed by atoms with Gasteiger partial charge in [0.2, 0.25) is 0 Å². The van der Waals surface area contributed by atoms with Gasteiger partial charge < -0.3 is 4.74 Å². The maximum Gasteiger partial charge on any atom is 0.311 e. The third-order valence-corrected chi connectivity index (χ3v) is 5.80. The Labute approximate surface area is 166 Å². The van der Waals surface area contributed by atoms with Crippen molar-refractivity contribution in [2.75, 3.05) is 6.61 Å². The van der Waals surface area contributed by atoms with Gasteiger partial charge in [-0.2, -0.15) is 0 Å². The molecule has 3 rings (SSSR count). The number of carbonyl (C=O) groups excluding carboxylic acids is 2. The summed E-state index contributed by atoms with van der Waals surface area (Å²) < 4.78 is 5.19. The number of fused-ring (bicyclic) bond motifs is 1. The lowest BCUT2D eigenvalue weighted by Gasteiger charge is -2.16. The zero-order valence-corrected chi connectivity index (χ0v) is 16.4. The Morgan fingerprint density at radius 3 is 2.75 bits per heavy atom. The zero-order chi connectivity index (χ0) is 20.3. The molecular formula is C19H21N3O5S. The number of nitrogens with zero attached hydrogens (tertiary/aromatic N) is 1. The second-order valence-electron chi connectivity index (χ2n) is 6.69. The zero-order valence-electron chi connectivity index (χ0n) is 15.6. The molecule has 1 aromatic carbocycles. The number of carbonyl (C=O) groups is 2. The molecule has 9 heteroatoms. The molecule has 2 N–H and O–H groups in total. The molecule has 1 aliphatic rings. The van der Waals surface area contributed by atoms with E-state index in [4.69, 9.17) is 4.74 Å². The van der Waals surface area contributed by atoms with Gasteiger partial charge in [0.05, 0.1) is 16.4 Å². The number of benzene rings is 1. The molecule has 0 saturated heterocycles. The van der Waals surface area contributed by atoms with Crippen molar-refractivity contribution in [2.24, 2.45) is 5.92 Å². The van der Waals surface area contributed by atoms with Gasteiger partial charge in [-0.1, -0.05) is 6.92 Å².